The number of nitrogens with one attached hydrogen (secondary N) is 1. The summed E-state index contributed by atoms with van der Waals surface area (Å²) in [6.45, 7) is 3.02. The second-order valence-electron chi connectivity index (χ2n) is 4.70. The first-order valence-corrected chi connectivity index (χ1v) is 6.84. The summed E-state index contributed by atoms with van der Waals surface area (Å²) in [5, 5.41) is 14.0. The summed E-state index contributed by atoms with van der Waals surface area (Å²) in [6, 6.07) is 19.9. The van der Waals surface area contributed by atoms with Crippen molar-refractivity contribution in [3.63, 3.8) is 0 Å². The lowest BCUT2D eigenvalue weighted by atomic mass is 9.96. The van der Waals surface area contributed by atoms with Gasteiger partial charge in [0.2, 0.25) is 0 Å². The van der Waals surface area contributed by atoms with Crippen LogP contribution in [-0.2, 0) is 0 Å². The molecule has 0 bridgehead atoms. The Morgan fingerprint density at radius 2 is 1.42 bits per heavy atom. The molecule has 0 saturated carbocycles. The molecule has 2 rings (SSSR count). The fraction of sp³-hybridized carbons (Fsp3) is 0.294. The van der Waals surface area contributed by atoms with Gasteiger partial charge in [-0.2, -0.15) is 0 Å². The molecule has 2 heteroatoms. The van der Waals surface area contributed by atoms with Crippen LogP contribution in [0, 0.1) is 0 Å². The molecule has 0 spiro atoms. The van der Waals surface area contributed by atoms with Crippen molar-refractivity contribution in [2.75, 3.05) is 6.54 Å². The normalized spacial score (nSPS) is 14.0. The zero-order valence-corrected chi connectivity index (χ0v) is 11.3. The predicted octanol–water partition coefficient (Wildman–Crippen LogP) is 3.46. The molecule has 0 aromatic heterocycles. The largest absolute Gasteiger partial charge is 0.386 e. The Morgan fingerprint density at radius 3 is 1.95 bits per heavy atom. The van der Waals surface area contributed by atoms with Gasteiger partial charge in [-0.1, -0.05) is 67.6 Å². The molecule has 2 nitrogen and oxygen atoms in total. The first kappa shape index (κ1) is 13.8. The van der Waals surface area contributed by atoms with E-state index in [0.29, 0.717) is 0 Å². The number of hydrogen-bond donors (Lipinski definition) is 2. The van der Waals surface area contributed by atoms with E-state index in [0.717, 1.165) is 24.1 Å². The highest BCUT2D eigenvalue weighted by Gasteiger charge is 2.21. The Morgan fingerprint density at radius 1 is 0.895 bits per heavy atom. The topological polar surface area (TPSA) is 32.3 Å². The number of benzene rings is 2. The summed E-state index contributed by atoms with van der Waals surface area (Å²) in [5.74, 6) is 0. The molecule has 0 aliphatic heterocycles. The Kier molecular flexibility index (Phi) is 5.13. The average molecular weight is 255 g/mol. The summed E-state index contributed by atoms with van der Waals surface area (Å²) >= 11 is 0. The van der Waals surface area contributed by atoms with E-state index in [4.69, 9.17) is 0 Å². The van der Waals surface area contributed by atoms with Crippen LogP contribution >= 0.6 is 0 Å². The summed E-state index contributed by atoms with van der Waals surface area (Å²) in [4.78, 5) is 0. The smallest absolute Gasteiger partial charge is 0.0984 e. The molecule has 0 aliphatic carbocycles. The van der Waals surface area contributed by atoms with Crippen molar-refractivity contribution >= 4 is 0 Å². The van der Waals surface area contributed by atoms with Crippen LogP contribution in [0.15, 0.2) is 60.7 Å². The van der Waals surface area contributed by atoms with Crippen LogP contribution in [-0.4, -0.2) is 11.7 Å². The van der Waals surface area contributed by atoms with E-state index >= 15 is 0 Å². The van der Waals surface area contributed by atoms with Crippen LogP contribution in [0.4, 0.5) is 0 Å². The third-order valence-electron chi connectivity index (χ3n) is 3.23. The maximum Gasteiger partial charge on any atom is 0.0984 e. The second kappa shape index (κ2) is 7.07. The Bertz CT molecular complexity index is 469. The van der Waals surface area contributed by atoms with Gasteiger partial charge in [0.25, 0.3) is 0 Å². The average Bonchev–Trinajstić information content (AvgIpc) is 2.49. The van der Waals surface area contributed by atoms with Crippen molar-refractivity contribution in [1.29, 1.82) is 0 Å². The minimum absolute atomic E-state index is 0.0662. The van der Waals surface area contributed by atoms with E-state index in [2.05, 4.69) is 24.4 Å². The fourth-order valence-corrected chi connectivity index (χ4v) is 2.21. The van der Waals surface area contributed by atoms with E-state index in [1.807, 2.05) is 48.5 Å². The molecule has 100 valence electrons. The maximum absolute atomic E-state index is 10.6. The molecule has 0 radical (unpaired) electrons. The third kappa shape index (κ3) is 3.66. The lowest BCUT2D eigenvalue weighted by Gasteiger charge is -2.25. The molecule has 2 N–H and O–H groups in total. The van der Waals surface area contributed by atoms with Crippen molar-refractivity contribution < 1.29 is 5.11 Å². The molecular weight excluding hydrogens is 234 g/mol. The van der Waals surface area contributed by atoms with Crippen LogP contribution in [0.3, 0.4) is 0 Å². The van der Waals surface area contributed by atoms with Crippen LogP contribution in [0.1, 0.15) is 36.6 Å². The molecule has 2 atom stereocenters. The molecule has 0 unspecified atom stereocenters. The molecule has 19 heavy (non-hydrogen) atoms. The minimum Gasteiger partial charge on any atom is -0.386 e. The number of aliphatic hydroxyl groups is 1. The number of aliphatic hydroxyl groups excluding tert-OH is 1. The lowest BCUT2D eigenvalue weighted by Crippen LogP contribution is -2.27. The van der Waals surface area contributed by atoms with Crippen molar-refractivity contribution in [2.24, 2.45) is 0 Å². The van der Waals surface area contributed by atoms with Gasteiger partial charge in [0.1, 0.15) is 0 Å². The zero-order valence-electron chi connectivity index (χ0n) is 11.3. The van der Waals surface area contributed by atoms with Gasteiger partial charge in [-0.3, -0.25) is 0 Å². The minimum atomic E-state index is -0.532. The van der Waals surface area contributed by atoms with Gasteiger partial charge in [0.15, 0.2) is 0 Å². The highest BCUT2D eigenvalue weighted by atomic mass is 16.3. The number of hydrogen-bond acceptors (Lipinski definition) is 2. The van der Waals surface area contributed by atoms with E-state index in [1.54, 1.807) is 0 Å². The molecule has 2 aromatic rings. The third-order valence-corrected chi connectivity index (χ3v) is 3.23. The lowest BCUT2D eigenvalue weighted by molar-refractivity contribution is 0.129. The van der Waals surface area contributed by atoms with Crippen LogP contribution in [0.2, 0.25) is 0 Å². The number of rotatable bonds is 6. The van der Waals surface area contributed by atoms with Crippen molar-refractivity contribution in [3.8, 4) is 0 Å². The van der Waals surface area contributed by atoms with E-state index in [9.17, 15) is 5.11 Å². The highest BCUT2D eigenvalue weighted by molar-refractivity contribution is 5.26. The van der Waals surface area contributed by atoms with Gasteiger partial charge in [0.05, 0.1) is 12.1 Å². The van der Waals surface area contributed by atoms with Crippen molar-refractivity contribution in [3.05, 3.63) is 71.8 Å². The Labute approximate surface area is 115 Å². The Hall–Kier alpha value is -1.64. The molecular formula is C17H21NO. The second-order valence-corrected chi connectivity index (χ2v) is 4.70. The van der Waals surface area contributed by atoms with Crippen LogP contribution < -0.4 is 5.32 Å². The molecule has 2 aromatic carbocycles. The zero-order chi connectivity index (χ0) is 13.5. The summed E-state index contributed by atoms with van der Waals surface area (Å²) < 4.78 is 0. The molecule has 0 fully saturated rings. The van der Waals surface area contributed by atoms with Crippen molar-refractivity contribution in [2.45, 2.75) is 25.5 Å². The predicted molar refractivity (Wildman–Crippen MR) is 78.9 cm³/mol. The van der Waals surface area contributed by atoms with Gasteiger partial charge in [-0.15, -0.1) is 0 Å². The van der Waals surface area contributed by atoms with Crippen LogP contribution in [0.5, 0.6) is 0 Å². The summed E-state index contributed by atoms with van der Waals surface area (Å²) in [7, 11) is 0. The van der Waals surface area contributed by atoms with Gasteiger partial charge in [-0.05, 0) is 24.1 Å². The standard InChI is InChI=1S/C17H21NO/c1-2-13-18-16(14-9-5-3-6-10-14)17(19)15-11-7-4-8-12-15/h3-12,16-19H,2,13H2,1H3/t16-,17+/m0/s1. The van der Waals surface area contributed by atoms with Crippen LogP contribution in [0.25, 0.3) is 0 Å². The Balaban J connectivity index is 2.22. The van der Waals surface area contributed by atoms with Gasteiger partial charge in [-0.25, -0.2) is 0 Å². The monoisotopic (exact) mass is 255 g/mol. The fourth-order valence-electron chi connectivity index (χ4n) is 2.21. The first-order valence-electron chi connectivity index (χ1n) is 6.84. The highest BCUT2D eigenvalue weighted by Crippen LogP contribution is 2.28. The molecule has 0 heterocycles. The maximum atomic E-state index is 10.6. The molecule has 0 aliphatic rings. The first-order chi connectivity index (χ1) is 9.33. The summed E-state index contributed by atoms with van der Waals surface area (Å²) in [6.07, 6.45) is 0.514. The van der Waals surface area contributed by atoms with E-state index in [1.165, 1.54) is 0 Å². The van der Waals surface area contributed by atoms with Crippen molar-refractivity contribution in [1.82, 2.24) is 5.32 Å². The quantitative estimate of drug-likeness (QED) is 0.828. The van der Waals surface area contributed by atoms with Gasteiger partial charge >= 0.3 is 0 Å². The van der Waals surface area contributed by atoms with E-state index < -0.39 is 6.10 Å². The molecule has 0 amide bonds. The summed E-state index contributed by atoms with van der Waals surface area (Å²) in [5.41, 5.74) is 2.06. The van der Waals surface area contributed by atoms with Gasteiger partial charge < -0.3 is 10.4 Å². The van der Waals surface area contributed by atoms with Gasteiger partial charge in [0, 0.05) is 0 Å². The van der Waals surface area contributed by atoms with E-state index in [-0.39, 0.29) is 6.04 Å². The SMILES string of the molecule is CCCN[C@@H](c1ccccc1)[C@H](O)c1ccccc1. The molecule has 0 saturated heterocycles.